The molecule has 2 unspecified atom stereocenters. The molecule has 1 N–H and O–H groups in total. The standard InChI is InChI=1S/C14H28N2O2/c1-10(2)12(15-6)11-8-7-9-16(11)13(17)18-14(3,4)5/h10-12,15H,7-9H2,1-6H3. The number of nitrogens with one attached hydrogen (secondary N) is 1. The molecule has 0 aliphatic carbocycles. The highest BCUT2D eigenvalue weighted by molar-refractivity contribution is 5.69. The molecule has 106 valence electrons. The largest absolute Gasteiger partial charge is 0.444 e. The fourth-order valence-corrected chi connectivity index (χ4v) is 2.68. The van der Waals surface area contributed by atoms with E-state index in [1.54, 1.807) is 0 Å². The maximum Gasteiger partial charge on any atom is 0.410 e. The first-order valence-corrected chi connectivity index (χ1v) is 6.93. The lowest BCUT2D eigenvalue weighted by Gasteiger charge is -2.35. The number of ether oxygens (including phenoxy) is 1. The van der Waals surface area contributed by atoms with Gasteiger partial charge in [0.15, 0.2) is 0 Å². The molecule has 1 heterocycles. The van der Waals surface area contributed by atoms with Crippen LogP contribution in [-0.2, 0) is 4.74 Å². The minimum atomic E-state index is -0.419. The molecule has 0 radical (unpaired) electrons. The van der Waals surface area contributed by atoms with Gasteiger partial charge in [-0.2, -0.15) is 0 Å². The van der Waals surface area contributed by atoms with E-state index in [4.69, 9.17) is 4.74 Å². The topological polar surface area (TPSA) is 41.6 Å². The molecule has 0 aromatic rings. The maximum atomic E-state index is 12.2. The zero-order valence-electron chi connectivity index (χ0n) is 12.6. The summed E-state index contributed by atoms with van der Waals surface area (Å²) in [5.41, 5.74) is -0.419. The molecule has 0 aromatic heterocycles. The van der Waals surface area contributed by atoms with E-state index in [2.05, 4.69) is 19.2 Å². The number of amides is 1. The van der Waals surface area contributed by atoms with Crippen molar-refractivity contribution in [1.29, 1.82) is 0 Å². The third kappa shape index (κ3) is 3.87. The minimum Gasteiger partial charge on any atom is -0.444 e. The number of likely N-dealkylation sites (N-methyl/N-ethyl adjacent to an activating group) is 1. The zero-order valence-corrected chi connectivity index (χ0v) is 12.6. The number of nitrogens with zero attached hydrogens (tertiary/aromatic N) is 1. The Labute approximate surface area is 111 Å². The van der Waals surface area contributed by atoms with Gasteiger partial charge in [0.05, 0.1) is 6.04 Å². The van der Waals surface area contributed by atoms with E-state index in [1.807, 2.05) is 32.7 Å². The highest BCUT2D eigenvalue weighted by Crippen LogP contribution is 2.25. The van der Waals surface area contributed by atoms with Crippen LogP contribution >= 0.6 is 0 Å². The van der Waals surface area contributed by atoms with Crippen LogP contribution in [0.15, 0.2) is 0 Å². The van der Waals surface area contributed by atoms with Gasteiger partial charge in [-0.25, -0.2) is 4.79 Å². The number of rotatable bonds is 3. The van der Waals surface area contributed by atoms with Crippen LogP contribution in [0.1, 0.15) is 47.5 Å². The van der Waals surface area contributed by atoms with Crippen molar-refractivity contribution in [2.75, 3.05) is 13.6 Å². The molecule has 1 saturated heterocycles. The summed E-state index contributed by atoms with van der Waals surface area (Å²) < 4.78 is 5.49. The highest BCUT2D eigenvalue weighted by Gasteiger charge is 2.37. The molecule has 0 aromatic carbocycles. The van der Waals surface area contributed by atoms with Crippen molar-refractivity contribution in [3.8, 4) is 0 Å². The summed E-state index contributed by atoms with van der Waals surface area (Å²) in [6.07, 6.45) is 1.95. The normalized spacial score (nSPS) is 22.4. The molecule has 2 atom stereocenters. The van der Waals surface area contributed by atoms with Gasteiger partial charge >= 0.3 is 6.09 Å². The highest BCUT2D eigenvalue weighted by atomic mass is 16.6. The molecule has 1 fully saturated rings. The Morgan fingerprint density at radius 3 is 2.44 bits per heavy atom. The number of hydrogen-bond donors (Lipinski definition) is 1. The van der Waals surface area contributed by atoms with Gasteiger partial charge in [-0.05, 0) is 46.6 Å². The van der Waals surface area contributed by atoms with Crippen LogP contribution < -0.4 is 5.32 Å². The lowest BCUT2D eigenvalue weighted by atomic mass is 9.95. The second-order valence-corrected chi connectivity index (χ2v) is 6.44. The number of carbonyl (C=O) groups excluding carboxylic acids is 1. The van der Waals surface area contributed by atoms with E-state index in [0.29, 0.717) is 12.0 Å². The van der Waals surface area contributed by atoms with Crippen molar-refractivity contribution >= 4 is 6.09 Å². The van der Waals surface area contributed by atoms with Gasteiger partial charge in [-0.1, -0.05) is 13.8 Å². The molecular formula is C14H28N2O2. The summed E-state index contributed by atoms with van der Waals surface area (Å²) in [5, 5.41) is 3.34. The van der Waals surface area contributed by atoms with E-state index < -0.39 is 5.60 Å². The van der Waals surface area contributed by atoms with Crippen LogP contribution in [0.2, 0.25) is 0 Å². The lowest BCUT2D eigenvalue weighted by molar-refractivity contribution is 0.0182. The first-order chi connectivity index (χ1) is 8.26. The number of carbonyl (C=O) groups is 1. The van der Waals surface area contributed by atoms with Crippen molar-refractivity contribution in [2.45, 2.75) is 65.1 Å². The Morgan fingerprint density at radius 2 is 2.00 bits per heavy atom. The van der Waals surface area contributed by atoms with Gasteiger partial charge in [0, 0.05) is 12.6 Å². The van der Waals surface area contributed by atoms with E-state index in [-0.39, 0.29) is 12.1 Å². The molecular weight excluding hydrogens is 228 g/mol. The first kappa shape index (κ1) is 15.3. The van der Waals surface area contributed by atoms with Crippen molar-refractivity contribution < 1.29 is 9.53 Å². The summed E-state index contributed by atoms with van der Waals surface area (Å²) in [6, 6.07) is 0.588. The van der Waals surface area contributed by atoms with E-state index in [9.17, 15) is 4.79 Å². The van der Waals surface area contributed by atoms with Crippen molar-refractivity contribution in [3.05, 3.63) is 0 Å². The number of hydrogen-bond acceptors (Lipinski definition) is 3. The van der Waals surface area contributed by atoms with Crippen LogP contribution in [-0.4, -0.2) is 42.3 Å². The molecule has 0 saturated carbocycles. The Morgan fingerprint density at radius 1 is 1.39 bits per heavy atom. The molecule has 1 rings (SSSR count). The monoisotopic (exact) mass is 256 g/mol. The maximum absolute atomic E-state index is 12.2. The van der Waals surface area contributed by atoms with Crippen molar-refractivity contribution in [1.82, 2.24) is 10.2 Å². The molecule has 0 bridgehead atoms. The predicted molar refractivity (Wildman–Crippen MR) is 73.6 cm³/mol. The summed E-state index contributed by atoms with van der Waals surface area (Å²) in [7, 11) is 1.97. The molecule has 1 aliphatic heterocycles. The summed E-state index contributed by atoms with van der Waals surface area (Å²) >= 11 is 0. The van der Waals surface area contributed by atoms with Gasteiger partial charge in [0.25, 0.3) is 0 Å². The van der Waals surface area contributed by atoms with Gasteiger partial charge in [-0.15, -0.1) is 0 Å². The Hall–Kier alpha value is -0.770. The first-order valence-electron chi connectivity index (χ1n) is 6.93. The fraction of sp³-hybridized carbons (Fsp3) is 0.929. The third-order valence-corrected chi connectivity index (χ3v) is 3.39. The molecule has 4 nitrogen and oxygen atoms in total. The third-order valence-electron chi connectivity index (χ3n) is 3.39. The van der Waals surface area contributed by atoms with Crippen molar-refractivity contribution in [2.24, 2.45) is 5.92 Å². The summed E-state index contributed by atoms with van der Waals surface area (Å²) in [4.78, 5) is 14.1. The van der Waals surface area contributed by atoms with E-state index in [1.165, 1.54) is 0 Å². The van der Waals surface area contributed by atoms with Gasteiger partial charge in [0.1, 0.15) is 5.60 Å². The molecule has 4 heteroatoms. The second-order valence-electron chi connectivity index (χ2n) is 6.44. The van der Waals surface area contributed by atoms with Crippen LogP contribution in [0.3, 0.4) is 0 Å². The Balaban J connectivity index is 2.72. The number of likely N-dealkylation sites (tertiary alicyclic amines) is 1. The van der Waals surface area contributed by atoms with Gasteiger partial charge in [0.2, 0.25) is 0 Å². The Kier molecular flexibility index (Phi) is 5.02. The molecule has 1 aliphatic rings. The SMILES string of the molecule is CNC(C(C)C)C1CCCN1C(=O)OC(C)(C)C. The van der Waals surface area contributed by atoms with Crippen LogP contribution in [0.4, 0.5) is 4.79 Å². The minimum absolute atomic E-state index is 0.175. The van der Waals surface area contributed by atoms with Crippen LogP contribution in [0.25, 0.3) is 0 Å². The van der Waals surface area contributed by atoms with Crippen LogP contribution in [0, 0.1) is 5.92 Å². The smallest absolute Gasteiger partial charge is 0.410 e. The zero-order chi connectivity index (χ0) is 13.9. The molecule has 0 spiro atoms. The van der Waals surface area contributed by atoms with Crippen molar-refractivity contribution in [3.63, 3.8) is 0 Å². The predicted octanol–water partition coefficient (Wildman–Crippen LogP) is 2.63. The van der Waals surface area contributed by atoms with Gasteiger partial charge in [-0.3, -0.25) is 0 Å². The quantitative estimate of drug-likeness (QED) is 0.844. The lowest BCUT2D eigenvalue weighted by Crippen LogP contribution is -2.51. The van der Waals surface area contributed by atoms with E-state index >= 15 is 0 Å². The fourth-order valence-electron chi connectivity index (χ4n) is 2.68. The second kappa shape index (κ2) is 5.91. The van der Waals surface area contributed by atoms with Crippen LogP contribution in [0.5, 0.6) is 0 Å². The molecule has 18 heavy (non-hydrogen) atoms. The molecule has 1 amide bonds. The average molecular weight is 256 g/mol. The average Bonchev–Trinajstić information content (AvgIpc) is 2.64. The Bertz CT molecular complexity index is 284. The van der Waals surface area contributed by atoms with Gasteiger partial charge < -0.3 is 15.0 Å². The summed E-state index contributed by atoms with van der Waals surface area (Å²) in [6.45, 7) is 10.9. The summed E-state index contributed by atoms with van der Waals surface area (Å²) in [5.74, 6) is 0.503. The van der Waals surface area contributed by atoms with E-state index in [0.717, 1.165) is 19.4 Å².